The van der Waals surface area contributed by atoms with Crippen molar-refractivity contribution in [1.82, 2.24) is 9.97 Å². The lowest BCUT2D eigenvalue weighted by Crippen LogP contribution is -2.32. The summed E-state index contributed by atoms with van der Waals surface area (Å²) in [5.41, 5.74) is 7.15. The van der Waals surface area contributed by atoms with Crippen LogP contribution in [0, 0.1) is 0 Å². The minimum atomic E-state index is -4.68. The molecule has 4 rings (SSSR count). The average molecular weight is 502 g/mol. The molecule has 1 unspecified atom stereocenters. The van der Waals surface area contributed by atoms with Crippen LogP contribution >= 0.6 is 0 Å². The summed E-state index contributed by atoms with van der Waals surface area (Å²) in [6, 6.07) is 12.8. The summed E-state index contributed by atoms with van der Waals surface area (Å²) < 4.78 is 52.8. The Bertz CT molecular complexity index is 1160. The first-order chi connectivity index (χ1) is 17.2. The molecule has 0 bridgehead atoms. The molecule has 2 atom stereocenters. The standard InChI is InChI=1S/C26H26F3N3O4/c27-26(28,29)24(18-9-11-20(12-10-18)35-19-3-1-2-4-19)36-23-14-22(31-15-32-23)17-7-5-16(6-8-17)13-21(30)25(33)34/h5-12,14-15,19,21,24H,1-4,13,30H2,(H,33,34)/t21-,24?/m0/s1. The maximum atomic E-state index is 13.9. The number of aromatic nitrogens is 2. The van der Waals surface area contributed by atoms with Gasteiger partial charge < -0.3 is 20.3 Å². The van der Waals surface area contributed by atoms with Gasteiger partial charge in [-0.1, -0.05) is 36.4 Å². The lowest BCUT2D eigenvalue weighted by molar-refractivity contribution is -0.198. The Morgan fingerprint density at radius 2 is 1.72 bits per heavy atom. The van der Waals surface area contributed by atoms with Gasteiger partial charge in [-0.25, -0.2) is 9.97 Å². The van der Waals surface area contributed by atoms with E-state index < -0.39 is 24.3 Å². The van der Waals surface area contributed by atoms with E-state index in [-0.39, 0.29) is 24.0 Å². The molecule has 3 aromatic rings. The van der Waals surface area contributed by atoms with Gasteiger partial charge in [-0.05, 0) is 49.8 Å². The Hall–Kier alpha value is -3.66. The van der Waals surface area contributed by atoms with Crippen LogP contribution in [0.5, 0.6) is 11.6 Å². The van der Waals surface area contributed by atoms with Crippen LogP contribution in [0.15, 0.2) is 60.9 Å². The second-order valence-corrected chi connectivity index (χ2v) is 8.72. The summed E-state index contributed by atoms with van der Waals surface area (Å²) in [4.78, 5) is 18.9. The number of nitrogens with zero attached hydrogens (tertiary/aromatic N) is 2. The highest BCUT2D eigenvalue weighted by Gasteiger charge is 2.43. The number of carboxylic acid groups (broad SMARTS) is 1. The van der Waals surface area contributed by atoms with E-state index in [1.54, 1.807) is 24.3 Å². The van der Waals surface area contributed by atoms with Crippen molar-refractivity contribution in [1.29, 1.82) is 0 Å². The molecule has 1 fully saturated rings. The van der Waals surface area contributed by atoms with E-state index in [0.717, 1.165) is 32.0 Å². The molecule has 1 aliphatic rings. The third-order valence-corrected chi connectivity index (χ3v) is 5.99. The molecule has 0 spiro atoms. The van der Waals surface area contributed by atoms with Crippen molar-refractivity contribution in [3.05, 3.63) is 72.1 Å². The van der Waals surface area contributed by atoms with Crippen LogP contribution in [0.3, 0.4) is 0 Å². The van der Waals surface area contributed by atoms with Crippen LogP contribution in [-0.2, 0) is 11.2 Å². The van der Waals surface area contributed by atoms with Gasteiger partial charge in [0, 0.05) is 17.2 Å². The van der Waals surface area contributed by atoms with E-state index in [1.165, 1.54) is 30.3 Å². The zero-order chi connectivity index (χ0) is 25.7. The van der Waals surface area contributed by atoms with E-state index in [1.807, 2.05) is 0 Å². The summed E-state index contributed by atoms with van der Waals surface area (Å²) in [5.74, 6) is -0.805. The molecule has 0 aliphatic heterocycles. The minimum Gasteiger partial charge on any atom is -0.490 e. The minimum absolute atomic E-state index is 0.0689. The third kappa shape index (κ3) is 6.51. The summed E-state index contributed by atoms with van der Waals surface area (Å²) in [7, 11) is 0. The number of hydrogen-bond donors (Lipinski definition) is 2. The van der Waals surface area contributed by atoms with Crippen molar-refractivity contribution in [3.63, 3.8) is 0 Å². The first-order valence-electron chi connectivity index (χ1n) is 11.6. The Kier molecular flexibility index (Phi) is 7.73. The number of halogens is 3. The number of hydrogen-bond acceptors (Lipinski definition) is 6. The fraction of sp³-hybridized carbons (Fsp3) is 0.346. The number of carboxylic acids is 1. The van der Waals surface area contributed by atoms with Gasteiger partial charge in [0.15, 0.2) is 0 Å². The number of alkyl halides is 3. The summed E-state index contributed by atoms with van der Waals surface area (Å²) >= 11 is 0. The van der Waals surface area contributed by atoms with Gasteiger partial charge in [-0.2, -0.15) is 13.2 Å². The quantitative estimate of drug-likeness (QED) is 0.420. The topological polar surface area (TPSA) is 108 Å². The van der Waals surface area contributed by atoms with Crippen LogP contribution in [0.4, 0.5) is 13.2 Å². The molecule has 1 heterocycles. The second kappa shape index (κ2) is 10.9. The van der Waals surface area contributed by atoms with Crippen LogP contribution in [-0.4, -0.2) is 39.4 Å². The number of benzene rings is 2. The van der Waals surface area contributed by atoms with E-state index in [2.05, 4.69) is 9.97 Å². The molecule has 0 amide bonds. The molecule has 7 nitrogen and oxygen atoms in total. The maximum Gasteiger partial charge on any atom is 0.429 e. The van der Waals surface area contributed by atoms with Gasteiger partial charge >= 0.3 is 12.1 Å². The van der Waals surface area contributed by atoms with Gasteiger partial charge in [-0.15, -0.1) is 0 Å². The van der Waals surface area contributed by atoms with Crippen molar-refractivity contribution >= 4 is 5.97 Å². The van der Waals surface area contributed by atoms with Gasteiger partial charge in [0.2, 0.25) is 12.0 Å². The molecule has 0 saturated heterocycles. The van der Waals surface area contributed by atoms with Crippen LogP contribution < -0.4 is 15.2 Å². The van der Waals surface area contributed by atoms with Crippen LogP contribution in [0.2, 0.25) is 0 Å². The van der Waals surface area contributed by atoms with Crippen molar-refractivity contribution in [2.75, 3.05) is 0 Å². The van der Waals surface area contributed by atoms with Gasteiger partial charge in [0.1, 0.15) is 18.1 Å². The van der Waals surface area contributed by atoms with Gasteiger partial charge in [0.25, 0.3) is 0 Å². The lowest BCUT2D eigenvalue weighted by atomic mass is 10.0. The predicted molar refractivity (Wildman–Crippen MR) is 126 cm³/mol. The van der Waals surface area contributed by atoms with Crippen molar-refractivity contribution in [3.8, 4) is 22.9 Å². The largest absolute Gasteiger partial charge is 0.490 e. The zero-order valence-corrected chi connectivity index (χ0v) is 19.3. The smallest absolute Gasteiger partial charge is 0.429 e. The first-order valence-corrected chi connectivity index (χ1v) is 11.6. The predicted octanol–water partition coefficient (Wildman–Crippen LogP) is 5.10. The Balaban J connectivity index is 1.49. The summed E-state index contributed by atoms with van der Waals surface area (Å²) in [6.07, 6.45) is -1.43. The molecule has 2 aromatic carbocycles. The molecule has 1 aromatic heterocycles. The summed E-state index contributed by atoms with van der Waals surface area (Å²) in [6.45, 7) is 0. The molecule has 1 aliphatic carbocycles. The normalized spacial score (nSPS) is 15.9. The third-order valence-electron chi connectivity index (χ3n) is 5.99. The molecule has 3 N–H and O–H groups in total. The van der Waals surface area contributed by atoms with E-state index in [9.17, 15) is 18.0 Å². The number of rotatable bonds is 9. The highest BCUT2D eigenvalue weighted by atomic mass is 19.4. The average Bonchev–Trinajstić information content (AvgIpc) is 3.36. The molecule has 0 radical (unpaired) electrons. The highest BCUT2D eigenvalue weighted by molar-refractivity contribution is 5.73. The van der Waals surface area contributed by atoms with Crippen molar-refractivity contribution in [2.24, 2.45) is 5.73 Å². The summed E-state index contributed by atoms with van der Waals surface area (Å²) in [5, 5.41) is 8.95. The monoisotopic (exact) mass is 501 g/mol. The number of ether oxygens (including phenoxy) is 2. The molecular weight excluding hydrogens is 475 g/mol. The Morgan fingerprint density at radius 1 is 1.06 bits per heavy atom. The lowest BCUT2D eigenvalue weighted by Gasteiger charge is -2.22. The molecule has 10 heteroatoms. The van der Waals surface area contributed by atoms with Crippen LogP contribution in [0.1, 0.15) is 42.9 Å². The van der Waals surface area contributed by atoms with Crippen LogP contribution in [0.25, 0.3) is 11.3 Å². The number of aliphatic carboxylic acids is 1. The van der Waals surface area contributed by atoms with Gasteiger partial charge in [0.05, 0.1) is 11.8 Å². The number of nitrogens with two attached hydrogens (primary N) is 1. The molecular formula is C26H26F3N3O4. The van der Waals surface area contributed by atoms with Crippen molar-refractivity contribution in [2.45, 2.75) is 56.5 Å². The Morgan fingerprint density at radius 3 is 2.33 bits per heavy atom. The highest BCUT2D eigenvalue weighted by Crippen LogP contribution is 2.37. The van der Waals surface area contributed by atoms with Gasteiger partial charge in [-0.3, -0.25) is 4.79 Å². The van der Waals surface area contributed by atoms with E-state index >= 15 is 0 Å². The first kappa shape index (κ1) is 25.4. The molecule has 190 valence electrons. The molecule has 36 heavy (non-hydrogen) atoms. The SMILES string of the molecule is N[C@@H](Cc1ccc(-c2cc(OC(c3ccc(OC4CCCC4)cc3)C(F)(F)F)ncn2)cc1)C(=O)O. The molecule has 1 saturated carbocycles. The second-order valence-electron chi connectivity index (χ2n) is 8.72. The zero-order valence-electron chi connectivity index (χ0n) is 19.3. The fourth-order valence-corrected chi connectivity index (χ4v) is 4.08. The Labute approximate surface area is 206 Å². The van der Waals surface area contributed by atoms with E-state index in [0.29, 0.717) is 22.6 Å². The van der Waals surface area contributed by atoms with Crippen molar-refractivity contribution < 1.29 is 32.5 Å². The maximum absolute atomic E-state index is 13.9. The fourth-order valence-electron chi connectivity index (χ4n) is 4.08. The van der Waals surface area contributed by atoms with E-state index in [4.69, 9.17) is 20.3 Å². The number of carbonyl (C=O) groups is 1.